The van der Waals surface area contributed by atoms with E-state index < -0.39 is 0 Å². The van der Waals surface area contributed by atoms with E-state index in [4.69, 9.17) is 4.74 Å². The van der Waals surface area contributed by atoms with Crippen LogP contribution in [0.25, 0.3) is 11.0 Å². The summed E-state index contributed by atoms with van der Waals surface area (Å²) in [5, 5.41) is 8.32. The van der Waals surface area contributed by atoms with Crippen LogP contribution < -0.4 is 4.74 Å². The number of ether oxygens (including phenoxy) is 1. The van der Waals surface area contributed by atoms with Crippen molar-refractivity contribution in [1.82, 2.24) is 15.0 Å². The molecule has 0 unspecified atom stereocenters. The van der Waals surface area contributed by atoms with Gasteiger partial charge in [-0.1, -0.05) is 36.4 Å². The highest BCUT2D eigenvalue weighted by Crippen LogP contribution is 2.13. The minimum atomic E-state index is 0.680. The van der Waals surface area contributed by atoms with Gasteiger partial charge in [-0.05, 0) is 36.2 Å². The highest BCUT2D eigenvalue weighted by Gasteiger charge is 2.02. The lowest BCUT2D eigenvalue weighted by Crippen LogP contribution is -2.06. The standard InChI is InChI=1S/C17H19N3O/c1-2-14-8-10-15(11-9-14)21-13-5-12-20-17-7-4-3-6-16(17)18-19-20/h3-4,6-11H,2,5,12-13H2,1H3. The van der Waals surface area contributed by atoms with Crippen LogP contribution in [0, 0.1) is 0 Å². The first kappa shape index (κ1) is 13.6. The second-order valence-electron chi connectivity index (χ2n) is 5.00. The van der Waals surface area contributed by atoms with Gasteiger partial charge in [0.25, 0.3) is 0 Å². The Morgan fingerprint density at radius 2 is 1.86 bits per heavy atom. The molecular formula is C17H19N3O. The van der Waals surface area contributed by atoms with Gasteiger partial charge in [-0.2, -0.15) is 0 Å². The van der Waals surface area contributed by atoms with Gasteiger partial charge in [0.15, 0.2) is 0 Å². The van der Waals surface area contributed by atoms with Crippen LogP contribution >= 0.6 is 0 Å². The molecule has 4 heteroatoms. The molecule has 0 fully saturated rings. The van der Waals surface area contributed by atoms with Crippen LogP contribution in [0.15, 0.2) is 48.5 Å². The molecule has 2 aromatic carbocycles. The molecule has 0 atom stereocenters. The molecular weight excluding hydrogens is 262 g/mol. The Hall–Kier alpha value is -2.36. The van der Waals surface area contributed by atoms with Crippen molar-refractivity contribution in [3.05, 3.63) is 54.1 Å². The van der Waals surface area contributed by atoms with Crippen LogP contribution in [0.2, 0.25) is 0 Å². The van der Waals surface area contributed by atoms with Gasteiger partial charge in [-0.3, -0.25) is 0 Å². The average Bonchev–Trinajstić information content (AvgIpc) is 2.95. The van der Waals surface area contributed by atoms with E-state index >= 15 is 0 Å². The molecule has 21 heavy (non-hydrogen) atoms. The molecule has 3 rings (SSSR count). The van der Waals surface area contributed by atoms with Crippen LogP contribution in [-0.2, 0) is 13.0 Å². The minimum absolute atomic E-state index is 0.680. The first-order chi connectivity index (χ1) is 10.4. The van der Waals surface area contributed by atoms with Gasteiger partial charge in [-0.25, -0.2) is 4.68 Å². The summed E-state index contributed by atoms with van der Waals surface area (Å²) in [5.74, 6) is 0.927. The van der Waals surface area contributed by atoms with Crippen molar-refractivity contribution in [1.29, 1.82) is 0 Å². The molecule has 3 aromatic rings. The molecule has 0 N–H and O–H groups in total. The van der Waals surface area contributed by atoms with Gasteiger partial charge < -0.3 is 4.74 Å². The summed E-state index contributed by atoms with van der Waals surface area (Å²) >= 11 is 0. The highest BCUT2D eigenvalue weighted by molar-refractivity contribution is 5.73. The van der Waals surface area contributed by atoms with Crippen molar-refractivity contribution in [3.63, 3.8) is 0 Å². The lowest BCUT2D eigenvalue weighted by Gasteiger charge is -2.07. The summed E-state index contributed by atoms with van der Waals surface area (Å²) < 4.78 is 7.68. The fraction of sp³-hybridized carbons (Fsp3) is 0.294. The Morgan fingerprint density at radius 3 is 2.67 bits per heavy atom. The molecule has 0 saturated carbocycles. The smallest absolute Gasteiger partial charge is 0.119 e. The number of fused-ring (bicyclic) bond motifs is 1. The number of aryl methyl sites for hydroxylation is 2. The van der Waals surface area contributed by atoms with E-state index in [2.05, 4.69) is 29.4 Å². The minimum Gasteiger partial charge on any atom is -0.494 e. The third-order valence-corrected chi connectivity index (χ3v) is 3.53. The van der Waals surface area contributed by atoms with E-state index in [1.807, 2.05) is 41.1 Å². The predicted octanol–water partition coefficient (Wildman–Crippen LogP) is 3.46. The topological polar surface area (TPSA) is 39.9 Å². The molecule has 0 amide bonds. The molecule has 0 aliphatic heterocycles. The fourth-order valence-corrected chi connectivity index (χ4v) is 2.31. The van der Waals surface area contributed by atoms with Gasteiger partial charge in [0.1, 0.15) is 11.3 Å². The van der Waals surface area contributed by atoms with Crippen LogP contribution in [0.4, 0.5) is 0 Å². The summed E-state index contributed by atoms with van der Waals surface area (Å²) in [6, 6.07) is 16.3. The van der Waals surface area contributed by atoms with Crippen molar-refractivity contribution in [2.75, 3.05) is 6.61 Å². The number of benzene rings is 2. The quantitative estimate of drug-likeness (QED) is 0.650. The Bertz CT molecular complexity index is 703. The lowest BCUT2D eigenvalue weighted by atomic mass is 10.2. The Balaban J connectivity index is 1.51. The maximum atomic E-state index is 5.75. The molecule has 0 spiro atoms. The van der Waals surface area contributed by atoms with Crippen molar-refractivity contribution < 1.29 is 4.74 Å². The van der Waals surface area contributed by atoms with Crippen molar-refractivity contribution in [3.8, 4) is 5.75 Å². The van der Waals surface area contributed by atoms with Gasteiger partial charge in [-0.15, -0.1) is 5.10 Å². The van der Waals surface area contributed by atoms with E-state index in [1.165, 1.54) is 5.56 Å². The number of hydrogen-bond acceptors (Lipinski definition) is 3. The molecule has 0 saturated heterocycles. The van der Waals surface area contributed by atoms with Gasteiger partial charge in [0.05, 0.1) is 12.1 Å². The molecule has 108 valence electrons. The first-order valence-corrected chi connectivity index (χ1v) is 7.37. The summed E-state index contributed by atoms with van der Waals surface area (Å²) in [6.07, 6.45) is 1.96. The largest absolute Gasteiger partial charge is 0.494 e. The molecule has 4 nitrogen and oxygen atoms in total. The summed E-state index contributed by atoms with van der Waals surface area (Å²) in [4.78, 5) is 0. The number of nitrogens with zero attached hydrogens (tertiary/aromatic N) is 3. The van der Waals surface area contributed by atoms with E-state index in [0.29, 0.717) is 6.61 Å². The number of aromatic nitrogens is 3. The zero-order chi connectivity index (χ0) is 14.5. The van der Waals surface area contributed by atoms with Crippen LogP contribution in [-0.4, -0.2) is 21.6 Å². The summed E-state index contributed by atoms with van der Waals surface area (Å²) in [6.45, 7) is 3.64. The average molecular weight is 281 g/mol. The van der Waals surface area contributed by atoms with Crippen molar-refractivity contribution in [2.24, 2.45) is 0 Å². The Kier molecular flexibility index (Phi) is 4.15. The third-order valence-electron chi connectivity index (χ3n) is 3.53. The van der Waals surface area contributed by atoms with Gasteiger partial charge >= 0.3 is 0 Å². The summed E-state index contributed by atoms with van der Waals surface area (Å²) in [5.41, 5.74) is 3.34. The predicted molar refractivity (Wildman–Crippen MR) is 83.5 cm³/mol. The fourth-order valence-electron chi connectivity index (χ4n) is 2.31. The second-order valence-corrected chi connectivity index (χ2v) is 5.00. The zero-order valence-electron chi connectivity index (χ0n) is 12.2. The van der Waals surface area contributed by atoms with Crippen LogP contribution in [0.3, 0.4) is 0 Å². The molecule has 1 aromatic heterocycles. The van der Waals surface area contributed by atoms with Crippen LogP contribution in [0.1, 0.15) is 18.9 Å². The summed E-state index contributed by atoms with van der Waals surface area (Å²) in [7, 11) is 0. The molecule has 0 aliphatic rings. The van der Waals surface area contributed by atoms with E-state index in [0.717, 1.165) is 36.2 Å². The molecule has 1 heterocycles. The Morgan fingerprint density at radius 1 is 1.05 bits per heavy atom. The molecule has 0 aliphatic carbocycles. The lowest BCUT2D eigenvalue weighted by molar-refractivity contribution is 0.299. The number of para-hydroxylation sites is 1. The van der Waals surface area contributed by atoms with Crippen molar-refractivity contribution in [2.45, 2.75) is 26.3 Å². The monoisotopic (exact) mass is 281 g/mol. The highest BCUT2D eigenvalue weighted by atomic mass is 16.5. The molecule has 0 bridgehead atoms. The van der Waals surface area contributed by atoms with Gasteiger partial charge in [0, 0.05) is 13.0 Å². The maximum Gasteiger partial charge on any atom is 0.119 e. The number of rotatable bonds is 6. The van der Waals surface area contributed by atoms with Crippen LogP contribution in [0.5, 0.6) is 5.75 Å². The SMILES string of the molecule is CCc1ccc(OCCCn2nnc3ccccc32)cc1. The van der Waals surface area contributed by atoms with Crippen molar-refractivity contribution >= 4 is 11.0 Å². The van der Waals surface area contributed by atoms with E-state index in [1.54, 1.807) is 0 Å². The second kappa shape index (κ2) is 6.39. The molecule has 0 radical (unpaired) electrons. The third kappa shape index (κ3) is 3.21. The van der Waals surface area contributed by atoms with E-state index in [-0.39, 0.29) is 0 Å². The normalized spacial score (nSPS) is 10.9. The van der Waals surface area contributed by atoms with Gasteiger partial charge in [0.2, 0.25) is 0 Å². The zero-order valence-corrected chi connectivity index (χ0v) is 12.2. The maximum absolute atomic E-state index is 5.75. The Labute approximate surface area is 124 Å². The van der Waals surface area contributed by atoms with E-state index in [9.17, 15) is 0 Å². The first-order valence-electron chi connectivity index (χ1n) is 7.37. The number of hydrogen-bond donors (Lipinski definition) is 0.